The Morgan fingerprint density at radius 1 is 1.17 bits per heavy atom. The topological polar surface area (TPSA) is 79.8 Å². The van der Waals surface area contributed by atoms with Crippen LogP contribution in [-0.4, -0.2) is 37.0 Å². The van der Waals surface area contributed by atoms with E-state index in [2.05, 4.69) is 25.6 Å². The maximum Gasteiger partial charge on any atom is 0.228 e. The van der Waals surface area contributed by atoms with Crippen molar-refractivity contribution in [2.45, 2.75) is 50.4 Å². The molecule has 1 aliphatic carbocycles. The lowest BCUT2D eigenvalue weighted by molar-refractivity contribution is 0.621. The molecule has 1 saturated carbocycles. The fourth-order valence-corrected chi connectivity index (χ4v) is 1.78. The third-order valence-electron chi connectivity index (χ3n) is 2.27. The lowest BCUT2D eigenvalue weighted by atomic mass is 10.1. The molecule has 0 spiro atoms. The molecule has 0 aromatic carbocycles. The predicted molar refractivity (Wildman–Crippen MR) is 72.2 cm³/mol. The number of anilines is 2. The van der Waals surface area contributed by atoms with Crippen LogP contribution in [0.25, 0.3) is 0 Å². The average Bonchev–Trinajstić information content (AvgIpc) is 2.98. The summed E-state index contributed by atoms with van der Waals surface area (Å²) in [5.41, 5.74) is -0.148. The van der Waals surface area contributed by atoms with Crippen LogP contribution in [-0.2, 0) is 10.8 Å². The molecule has 1 atom stereocenters. The van der Waals surface area contributed by atoms with E-state index in [0.717, 1.165) is 12.8 Å². The van der Waals surface area contributed by atoms with Gasteiger partial charge in [-0.25, -0.2) is 0 Å². The van der Waals surface area contributed by atoms with Crippen LogP contribution in [0.3, 0.4) is 0 Å². The SMILES string of the molecule is CS(=O)c1nc(NC2CC2)nc(NC(C)(C)C)n1. The van der Waals surface area contributed by atoms with Gasteiger partial charge >= 0.3 is 0 Å². The van der Waals surface area contributed by atoms with E-state index in [4.69, 9.17) is 0 Å². The van der Waals surface area contributed by atoms with Crippen LogP contribution in [0.2, 0.25) is 0 Å². The van der Waals surface area contributed by atoms with Gasteiger partial charge in [0.25, 0.3) is 0 Å². The van der Waals surface area contributed by atoms with Gasteiger partial charge in [-0.1, -0.05) is 0 Å². The highest BCUT2D eigenvalue weighted by atomic mass is 32.2. The van der Waals surface area contributed by atoms with Crippen LogP contribution < -0.4 is 10.6 Å². The lowest BCUT2D eigenvalue weighted by Gasteiger charge is -2.20. The summed E-state index contributed by atoms with van der Waals surface area (Å²) in [5.74, 6) is 0.968. The van der Waals surface area contributed by atoms with E-state index in [0.29, 0.717) is 23.1 Å². The molecule has 2 N–H and O–H groups in total. The molecule has 0 radical (unpaired) electrons. The average molecular weight is 269 g/mol. The largest absolute Gasteiger partial charge is 0.351 e. The molecule has 1 aromatic rings. The van der Waals surface area contributed by atoms with Crippen molar-refractivity contribution in [1.82, 2.24) is 15.0 Å². The van der Waals surface area contributed by atoms with Gasteiger partial charge in [0.1, 0.15) is 0 Å². The minimum Gasteiger partial charge on any atom is -0.351 e. The van der Waals surface area contributed by atoms with E-state index in [9.17, 15) is 4.21 Å². The molecule has 1 fully saturated rings. The predicted octanol–water partition coefficient (Wildman–Crippen LogP) is 1.39. The quantitative estimate of drug-likeness (QED) is 0.860. The Kier molecular flexibility index (Phi) is 3.52. The molecular formula is C11H19N5OS. The highest BCUT2D eigenvalue weighted by Gasteiger charge is 2.23. The van der Waals surface area contributed by atoms with Crippen LogP contribution in [0.5, 0.6) is 0 Å². The molecule has 2 rings (SSSR count). The molecule has 7 heteroatoms. The fraction of sp³-hybridized carbons (Fsp3) is 0.727. The smallest absolute Gasteiger partial charge is 0.228 e. The highest BCUT2D eigenvalue weighted by molar-refractivity contribution is 7.84. The Hall–Kier alpha value is -1.24. The Labute approximate surface area is 109 Å². The van der Waals surface area contributed by atoms with Gasteiger partial charge < -0.3 is 10.6 Å². The van der Waals surface area contributed by atoms with E-state index >= 15 is 0 Å². The maximum atomic E-state index is 11.5. The van der Waals surface area contributed by atoms with Crippen molar-refractivity contribution in [1.29, 1.82) is 0 Å². The van der Waals surface area contributed by atoms with Gasteiger partial charge in [-0.15, -0.1) is 0 Å². The fourth-order valence-electron chi connectivity index (χ4n) is 1.35. The molecule has 0 saturated heterocycles. The van der Waals surface area contributed by atoms with Crippen LogP contribution >= 0.6 is 0 Å². The molecule has 1 unspecified atom stereocenters. The Bertz CT molecular complexity index is 467. The third kappa shape index (κ3) is 3.90. The van der Waals surface area contributed by atoms with Gasteiger partial charge in [0.15, 0.2) is 0 Å². The third-order valence-corrected chi connectivity index (χ3v) is 2.97. The van der Waals surface area contributed by atoms with Gasteiger partial charge in [-0.2, -0.15) is 15.0 Å². The Morgan fingerprint density at radius 3 is 2.28 bits per heavy atom. The van der Waals surface area contributed by atoms with Crippen molar-refractivity contribution < 1.29 is 4.21 Å². The summed E-state index contributed by atoms with van der Waals surface area (Å²) in [6.45, 7) is 6.06. The number of hydrogen-bond donors (Lipinski definition) is 2. The highest BCUT2D eigenvalue weighted by Crippen LogP contribution is 2.23. The van der Waals surface area contributed by atoms with E-state index in [-0.39, 0.29) is 5.54 Å². The first kappa shape index (κ1) is 13.2. The molecule has 1 heterocycles. The number of hydrogen-bond acceptors (Lipinski definition) is 6. The summed E-state index contributed by atoms with van der Waals surface area (Å²) in [6, 6.07) is 0.452. The normalized spacial score (nSPS) is 17.3. The van der Waals surface area contributed by atoms with Gasteiger partial charge in [0.2, 0.25) is 17.1 Å². The van der Waals surface area contributed by atoms with Gasteiger partial charge in [-0.3, -0.25) is 4.21 Å². The molecular weight excluding hydrogens is 250 g/mol. The van der Waals surface area contributed by atoms with E-state index in [1.165, 1.54) is 0 Å². The number of nitrogens with zero attached hydrogens (tertiary/aromatic N) is 3. The zero-order valence-corrected chi connectivity index (χ0v) is 12.0. The van der Waals surface area contributed by atoms with Crippen molar-refractivity contribution >= 4 is 22.7 Å². The van der Waals surface area contributed by atoms with Crippen LogP contribution in [0.1, 0.15) is 33.6 Å². The monoisotopic (exact) mass is 269 g/mol. The molecule has 6 nitrogen and oxygen atoms in total. The van der Waals surface area contributed by atoms with Gasteiger partial charge in [0.05, 0.1) is 10.8 Å². The maximum absolute atomic E-state index is 11.5. The number of aromatic nitrogens is 3. The zero-order valence-electron chi connectivity index (χ0n) is 11.1. The van der Waals surface area contributed by atoms with E-state index < -0.39 is 10.8 Å². The van der Waals surface area contributed by atoms with Crippen molar-refractivity contribution in [3.63, 3.8) is 0 Å². The summed E-state index contributed by atoms with van der Waals surface area (Å²) in [6.07, 6.45) is 3.84. The molecule has 0 amide bonds. The van der Waals surface area contributed by atoms with Crippen molar-refractivity contribution in [2.24, 2.45) is 0 Å². The van der Waals surface area contributed by atoms with Crippen molar-refractivity contribution in [2.75, 3.05) is 16.9 Å². The molecule has 18 heavy (non-hydrogen) atoms. The minimum absolute atomic E-state index is 0.148. The van der Waals surface area contributed by atoms with Gasteiger partial charge in [0, 0.05) is 17.8 Å². The molecule has 1 aromatic heterocycles. The summed E-state index contributed by atoms with van der Waals surface area (Å²) in [4.78, 5) is 12.6. The summed E-state index contributed by atoms with van der Waals surface area (Å²) >= 11 is 0. The van der Waals surface area contributed by atoms with E-state index in [1.807, 2.05) is 20.8 Å². The van der Waals surface area contributed by atoms with Crippen molar-refractivity contribution in [3.05, 3.63) is 0 Å². The summed E-state index contributed by atoms with van der Waals surface area (Å²) < 4.78 is 11.5. The Morgan fingerprint density at radius 2 is 1.78 bits per heavy atom. The van der Waals surface area contributed by atoms with E-state index in [1.54, 1.807) is 6.26 Å². The second kappa shape index (κ2) is 4.79. The first-order chi connectivity index (χ1) is 8.33. The molecule has 0 bridgehead atoms. The Balaban J connectivity index is 2.26. The first-order valence-electron chi connectivity index (χ1n) is 5.98. The number of rotatable bonds is 4. The lowest BCUT2D eigenvalue weighted by Crippen LogP contribution is -2.28. The second-order valence-corrected chi connectivity index (χ2v) is 6.79. The van der Waals surface area contributed by atoms with Crippen LogP contribution in [0, 0.1) is 0 Å². The molecule has 100 valence electrons. The molecule has 1 aliphatic rings. The van der Waals surface area contributed by atoms with Crippen molar-refractivity contribution in [3.8, 4) is 0 Å². The number of nitrogens with one attached hydrogen (secondary N) is 2. The summed E-state index contributed by atoms with van der Waals surface area (Å²) in [5, 5.41) is 6.68. The van der Waals surface area contributed by atoms with Crippen LogP contribution in [0.4, 0.5) is 11.9 Å². The first-order valence-corrected chi connectivity index (χ1v) is 7.53. The standard InChI is InChI=1S/C11H19N5OS/c1-11(2,3)16-9-13-8(12-7-5-6-7)14-10(15-9)18(4)17/h7H,5-6H2,1-4H3,(H2,12,13,14,15,16). The van der Waals surface area contributed by atoms with Crippen LogP contribution in [0.15, 0.2) is 5.16 Å². The van der Waals surface area contributed by atoms with Gasteiger partial charge in [-0.05, 0) is 33.6 Å². The zero-order chi connectivity index (χ0) is 13.3. The second-order valence-electron chi connectivity index (χ2n) is 5.51. The minimum atomic E-state index is -1.21. The summed E-state index contributed by atoms with van der Waals surface area (Å²) in [7, 11) is -1.21. The molecule has 0 aliphatic heterocycles.